The fraction of sp³-hybridized carbons (Fsp3) is 0.133. The van der Waals surface area contributed by atoms with Gasteiger partial charge in [0.1, 0.15) is 5.52 Å². The van der Waals surface area contributed by atoms with Crippen LogP contribution in [0.3, 0.4) is 0 Å². The normalized spacial score (nSPS) is 10.6. The number of fused-ring (bicyclic) bond motifs is 1. The maximum absolute atomic E-state index is 12.1. The van der Waals surface area contributed by atoms with Crippen LogP contribution in [0.15, 0.2) is 42.9 Å². The molecular formula is C15H13N5O3. The summed E-state index contributed by atoms with van der Waals surface area (Å²) in [6.45, 7) is 0.245. The molecule has 3 aromatic rings. The summed E-state index contributed by atoms with van der Waals surface area (Å²) in [5.74, 6) is -1.08. The Kier molecular flexibility index (Phi) is 3.96. The zero-order valence-electron chi connectivity index (χ0n) is 12.0. The minimum absolute atomic E-state index is 0.0405. The van der Waals surface area contributed by atoms with E-state index in [9.17, 15) is 9.59 Å². The third-order valence-electron chi connectivity index (χ3n) is 3.19. The number of carboxylic acid groups (broad SMARTS) is 1. The van der Waals surface area contributed by atoms with Crippen LogP contribution in [-0.2, 0) is 11.3 Å². The average Bonchev–Trinajstić information content (AvgIpc) is 2.96. The Morgan fingerprint density at radius 1 is 1.17 bits per heavy atom. The van der Waals surface area contributed by atoms with Gasteiger partial charge >= 0.3 is 5.97 Å². The average molecular weight is 311 g/mol. The summed E-state index contributed by atoms with van der Waals surface area (Å²) in [4.78, 5) is 35.2. The smallest absolute Gasteiger partial charge is 0.305 e. The molecule has 2 heterocycles. The number of hydrogen-bond acceptors (Lipinski definition) is 5. The zero-order chi connectivity index (χ0) is 16.2. The van der Waals surface area contributed by atoms with E-state index in [0.717, 1.165) is 0 Å². The lowest BCUT2D eigenvalue weighted by atomic mass is 10.2. The first-order valence-electron chi connectivity index (χ1n) is 6.89. The Morgan fingerprint density at radius 3 is 2.70 bits per heavy atom. The summed E-state index contributed by atoms with van der Waals surface area (Å²) in [6.07, 6.45) is 2.95. The Labute approximate surface area is 130 Å². The third kappa shape index (κ3) is 3.31. The lowest BCUT2D eigenvalue weighted by molar-refractivity contribution is -0.137. The Balaban J connectivity index is 1.83. The molecule has 8 nitrogen and oxygen atoms in total. The van der Waals surface area contributed by atoms with Gasteiger partial charge in [0.25, 0.3) is 5.91 Å². The van der Waals surface area contributed by atoms with Crippen molar-refractivity contribution in [2.75, 3.05) is 5.32 Å². The second-order valence-corrected chi connectivity index (χ2v) is 4.80. The van der Waals surface area contributed by atoms with Crippen LogP contribution in [0.25, 0.3) is 11.2 Å². The molecule has 8 heteroatoms. The van der Waals surface area contributed by atoms with Crippen LogP contribution in [0, 0.1) is 0 Å². The highest BCUT2D eigenvalue weighted by atomic mass is 16.4. The highest BCUT2D eigenvalue weighted by molar-refractivity contribution is 6.03. The van der Waals surface area contributed by atoms with Gasteiger partial charge in [-0.3, -0.25) is 14.9 Å². The van der Waals surface area contributed by atoms with E-state index < -0.39 is 5.97 Å². The van der Waals surface area contributed by atoms with Crippen molar-refractivity contribution in [3.8, 4) is 0 Å². The largest absolute Gasteiger partial charge is 0.481 e. The Morgan fingerprint density at radius 2 is 1.96 bits per heavy atom. The molecule has 0 aliphatic heterocycles. The van der Waals surface area contributed by atoms with Gasteiger partial charge in [-0.25, -0.2) is 9.97 Å². The molecule has 2 N–H and O–H groups in total. The molecule has 0 aliphatic rings. The second-order valence-electron chi connectivity index (χ2n) is 4.80. The lowest BCUT2D eigenvalue weighted by Crippen LogP contribution is -2.14. The molecule has 3 rings (SSSR count). The van der Waals surface area contributed by atoms with Gasteiger partial charge in [-0.1, -0.05) is 18.2 Å². The van der Waals surface area contributed by atoms with Crippen molar-refractivity contribution < 1.29 is 14.7 Å². The number of nitrogens with zero attached hydrogens (tertiary/aromatic N) is 4. The second kappa shape index (κ2) is 6.22. The van der Waals surface area contributed by atoms with Crippen LogP contribution in [-0.4, -0.2) is 36.5 Å². The molecule has 1 aromatic carbocycles. The van der Waals surface area contributed by atoms with Gasteiger partial charge in [0.2, 0.25) is 5.95 Å². The molecule has 1 amide bonds. The number of nitrogens with one attached hydrogen (secondary N) is 1. The van der Waals surface area contributed by atoms with Crippen molar-refractivity contribution >= 4 is 29.0 Å². The number of amides is 1. The molecule has 0 saturated carbocycles. The number of carbonyl (C=O) groups is 2. The zero-order valence-corrected chi connectivity index (χ0v) is 12.0. The van der Waals surface area contributed by atoms with Gasteiger partial charge in [0.15, 0.2) is 5.65 Å². The SMILES string of the molecule is O=C(O)CCn1cnc2cnc(NC(=O)c3ccccc3)nc21. The van der Waals surface area contributed by atoms with E-state index in [1.165, 1.54) is 12.5 Å². The highest BCUT2D eigenvalue weighted by Gasteiger charge is 2.11. The van der Waals surface area contributed by atoms with Crippen molar-refractivity contribution in [1.82, 2.24) is 19.5 Å². The van der Waals surface area contributed by atoms with E-state index in [2.05, 4.69) is 20.3 Å². The van der Waals surface area contributed by atoms with Gasteiger partial charge in [-0.15, -0.1) is 0 Å². The van der Waals surface area contributed by atoms with Crippen molar-refractivity contribution in [2.24, 2.45) is 0 Å². The van der Waals surface area contributed by atoms with Gasteiger partial charge < -0.3 is 9.67 Å². The third-order valence-corrected chi connectivity index (χ3v) is 3.19. The summed E-state index contributed by atoms with van der Waals surface area (Å²) < 4.78 is 1.61. The number of aryl methyl sites for hydroxylation is 1. The number of rotatable bonds is 5. The molecule has 0 unspecified atom stereocenters. The molecule has 2 aromatic heterocycles. The summed E-state index contributed by atoms with van der Waals surface area (Å²) in [7, 11) is 0. The van der Waals surface area contributed by atoms with E-state index >= 15 is 0 Å². The quantitative estimate of drug-likeness (QED) is 0.739. The number of carboxylic acids is 1. The molecule has 0 atom stereocenters. The molecule has 0 saturated heterocycles. The summed E-state index contributed by atoms with van der Waals surface area (Å²) >= 11 is 0. The minimum atomic E-state index is -0.904. The number of carbonyl (C=O) groups excluding carboxylic acids is 1. The first kappa shape index (κ1) is 14.6. The summed E-state index contributed by atoms with van der Waals surface area (Å²) in [6, 6.07) is 8.72. The topological polar surface area (TPSA) is 110 Å². The molecule has 0 spiro atoms. The molecule has 0 aliphatic carbocycles. The van der Waals surface area contributed by atoms with Crippen LogP contribution in [0.1, 0.15) is 16.8 Å². The van der Waals surface area contributed by atoms with E-state index in [-0.39, 0.29) is 24.8 Å². The van der Waals surface area contributed by atoms with Crippen LogP contribution < -0.4 is 5.32 Å². The number of aromatic nitrogens is 4. The molecular weight excluding hydrogens is 298 g/mol. The fourth-order valence-corrected chi connectivity index (χ4v) is 2.06. The molecule has 0 fully saturated rings. The van der Waals surface area contributed by atoms with Gasteiger partial charge in [0.05, 0.1) is 18.9 Å². The van der Waals surface area contributed by atoms with E-state index in [4.69, 9.17) is 5.11 Å². The van der Waals surface area contributed by atoms with Crippen molar-refractivity contribution in [2.45, 2.75) is 13.0 Å². The van der Waals surface area contributed by atoms with Gasteiger partial charge in [-0.2, -0.15) is 4.98 Å². The van der Waals surface area contributed by atoms with Crippen LogP contribution >= 0.6 is 0 Å². The Hall–Kier alpha value is -3.29. The predicted molar refractivity (Wildman–Crippen MR) is 82.0 cm³/mol. The standard InChI is InChI=1S/C15H13N5O3/c21-12(22)6-7-20-9-17-11-8-16-15(18-13(11)20)19-14(23)10-4-2-1-3-5-10/h1-5,8-9H,6-7H2,(H,21,22)(H,16,18,19,23). The molecule has 0 radical (unpaired) electrons. The van der Waals surface area contributed by atoms with Crippen LogP contribution in [0.4, 0.5) is 5.95 Å². The van der Waals surface area contributed by atoms with Gasteiger partial charge in [0, 0.05) is 12.1 Å². The fourth-order valence-electron chi connectivity index (χ4n) is 2.06. The van der Waals surface area contributed by atoms with Crippen molar-refractivity contribution in [3.63, 3.8) is 0 Å². The van der Waals surface area contributed by atoms with Crippen molar-refractivity contribution in [3.05, 3.63) is 48.4 Å². The number of imidazole rings is 1. The van der Waals surface area contributed by atoms with E-state index in [1.54, 1.807) is 28.8 Å². The number of anilines is 1. The number of hydrogen-bond donors (Lipinski definition) is 2. The van der Waals surface area contributed by atoms with Crippen LogP contribution in [0.5, 0.6) is 0 Å². The first-order chi connectivity index (χ1) is 11.1. The monoisotopic (exact) mass is 311 g/mol. The molecule has 23 heavy (non-hydrogen) atoms. The maximum Gasteiger partial charge on any atom is 0.305 e. The highest BCUT2D eigenvalue weighted by Crippen LogP contribution is 2.12. The lowest BCUT2D eigenvalue weighted by Gasteiger charge is -2.05. The maximum atomic E-state index is 12.1. The number of benzene rings is 1. The van der Waals surface area contributed by atoms with E-state index in [1.807, 2.05) is 6.07 Å². The molecule has 116 valence electrons. The summed E-state index contributed by atoms with van der Waals surface area (Å²) in [5, 5.41) is 11.4. The molecule has 0 bridgehead atoms. The van der Waals surface area contributed by atoms with Gasteiger partial charge in [-0.05, 0) is 12.1 Å². The Bertz CT molecular complexity index is 860. The van der Waals surface area contributed by atoms with Crippen molar-refractivity contribution in [1.29, 1.82) is 0 Å². The summed E-state index contributed by atoms with van der Waals surface area (Å²) in [5.41, 5.74) is 1.51. The first-order valence-corrected chi connectivity index (χ1v) is 6.89. The predicted octanol–water partition coefficient (Wildman–Crippen LogP) is 1.55. The number of aliphatic carboxylic acids is 1. The minimum Gasteiger partial charge on any atom is -0.481 e. The van der Waals surface area contributed by atoms with E-state index in [0.29, 0.717) is 16.7 Å². The van der Waals surface area contributed by atoms with Crippen LogP contribution in [0.2, 0.25) is 0 Å².